The van der Waals surface area contributed by atoms with Crippen molar-refractivity contribution in [2.45, 2.75) is 27.0 Å². The van der Waals surface area contributed by atoms with Gasteiger partial charge in [0.15, 0.2) is 5.96 Å². The van der Waals surface area contributed by atoms with E-state index in [-0.39, 0.29) is 48.7 Å². The fourth-order valence-electron chi connectivity index (χ4n) is 2.07. The van der Waals surface area contributed by atoms with Crippen molar-refractivity contribution in [1.29, 1.82) is 0 Å². The zero-order valence-corrected chi connectivity index (χ0v) is 18.0. The van der Waals surface area contributed by atoms with Crippen LogP contribution in [0.5, 0.6) is 5.75 Å². The second-order valence-corrected chi connectivity index (χ2v) is 5.38. The molecule has 0 radical (unpaired) electrons. The summed E-state index contributed by atoms with van der Waals surface area (Å²) in [6.45, 7) is 2.44. The molecule has 7 nitrogen and oxygen atoms in total. The van der Waals surface area contributed by atoms with Crippen LogP contribution in [0.25, 0.3) is 0 Å². The van der Waals surface area contributed by atoms with Gasteiger partial charge in [-0.05, 0) is 19.9 Å². The lowest BCUT2D eigenvalue weighted by Gasteiger charge is -2.13. The molecule has 0 heterocycles. The number of nitrogens with zero attached hydrogens (tertiary/aromatic N) is 1. The number of guanidine groups is 1. The highest BCUT2D eigenvalue weighted by molar-refractivity contribution is 14.0. The van der Waals surface area contributed by atoms with E-state index in [9.17, 15) is 13.6 Å². The minimum absolute atomic E-state index is 0. The molecule has 0 atom stereocenters. The van der Waals surface area contributed by atoms with Gasteiger partial charge < -0.3 is 25.4 Å². The third kappa shape index (κ3) is 10.9. The number of aryl methyl sites for hydroxylation is 1. The van der Waals surface area contributed by atoms with Crippen molar-refractivity contribution in [1.82, 2.24) is 16.0 Å². The first-order valence-corrected chi connectivity index (χ1v) is 8.28. The van der Waals surface area contributed by atoms with Gasteiger partial charge in [0.2, 0.25) is 5.91 Å². The van der Waals surface area contributed by atoms with Crippen LogP contribution in [0.15, 0.2) is 23.2 Å². The van der Waals surface area contributed by atoms with Crippen LogP contribution < -0.4 is 20.7 Å². The molecule has 0 unspecified atom stereocenters. The van der Waals surface area contributed by atoms with Gasteiger partial charge in [-0.15, -0.1) is 24.0 Å². The van der Waals surface area contributed by atoms with E-state index in [1.807, 2.05) is 13.8 Å². The van der Waals surface area contributed by atoms with E-state index in [4.69, 9.17) is 4.74 Å². The Balaban J connectivity index is 0.00000676. The Kier molecular flexibility index (Phi) is 13.5. The quantitative estimate of drug-likeness (QED) is 0.198. The Bertz CT molecular complexity index is 604. The molecule has 154 valence electrons. The van der Waals surface area contributed by atoms with Crippen molar-refractivity contribution >= 4 is 35.8 Å². The van der Waals surface area contributed by atoms with Crippen LogP contribution in [0.4, 0.5) is 8.78 Å². The van der Waals surface area contributed by atoms with Crippen molar-refractivity contribution in [2.75, 3.05) is 33.4 Å². The minimum atomic E-state index is -2.90. The SMILES string of the molecule is CCNC(=NCc1cc(C)ccc1OC(F)F)NCC(=O)NCCOC.I. The van der Waals surface area contributed by atoms with Gasteiger partial charge >= 0.3 is 6.61 Å². The molecule has 0 saturated heterocycles. The highest BCUT2D eigenvalue weighted by Gasteiger charge is 2.10. The van der Waals surface area contributed by atoms with Crippen molar-refractivity contribution in [3.63, 3.8) is 0 Å². The Labute approximate surface area is 175 Å². The molecule has 0 aliphatic heterocycles. The molecule has 10 heteroatoms. The van der Waals surface area contributed by atoms with Crippen LogP contribution >= 0.6 is 24.0 Å². The van der Waals surface area contributed by atoms with Gasteiger partial charge in [0.05, 0.1) is 19.7 Å². The number of carbonyl (C=O) groups is 1. The van der Waals surface area contributed by atoms with Crippen molar-refractivity contribution in [3.05, 3.63) is 29.3 Å². The van der Waals surface area contributed by atoms with Gasteiger partial charge in [-0.25, -0.2) is 4.99 Å². The van der Waals surface area contributed by atoms with Gasteiger partial charge in [0, 0.05) is 25.8 Å². The Morgan fingerprint density at radius 2 is 2.00 bits per heavy atom. The lowest BCUT2D eigenvalue weighted by atomic mass is 10.1. The van der Waals surface area contributed by atoms with Gasteiger partial charge in [0.1, 0.15) is 5.75 Å². The first-order valence-electron chi connectivity index (χ1n) is 8.28. The van der Waals surface area contributed by atoms with Gasteiger partial charge in [-0.2, -0.15) is 8.78 Å². The fourth-order valence-corrected chi connectivity index (χ4v) is 2.07. The predicted octanol–water partition coefficient (Wildman–Crippen LogP) is 2.03. The molecule has 0 aliphatic rings. The molecule has 3 N–H and O–H groups in total. The summed E-state index contributed by atoms with van der Waals surface area (Å²) >= 11 is 0. The molecule has 0 bridgehead atoms. The normalized spacial score (nSPS) is 11.0. The Morgan fingerprint density at radius 3 is 2.63 bits per heavy atom. The van der Waals surface area contributed by atoms with Crippen LogP contribution in [0.3, 0.4) is 0 Å². The number of alkyl halides is 2. The first kappa shape index (κ1) is 25.3. The average molecular weight is 500 g/mol. The maximum Gasteiger partial charge on any atom is 0.387 e. The van der Waals surface area contributed by atoms with E-state index < -0.39 is 6.61 Å². The Hall–Kier alpha value is -1.69. The van der Waals surface area contributed by atoms with Crippen molar-refractivity contribution < 1.29 is 23.0 Å². The second-order valence-electron chi connectivity index (χ2n) is 5.38. The predicted molar refractivity (Wildman–Crippen MR) is 111 cm³/mol. The smallest absolute Gasteiger partial charge is 0.387 e. The number of methoxy groups -OCH3 is 1. The fraction of sp³-hybridized carbons (Fsp3) is 0.529. The summed E-state index contributed by atoms with van der Waals surface area (Å²) in [5.41, 5.74) is 1.44. The lowest BCUT2D eigenvalue weighted by Crippen LogP contribution is -2.43. The number of ether oxygens (including phenoxy) is 2. The maximum atomic E-state index is 12.5. The molecule has 1 aromatic rings. The summed E-state index contributed by atoms with van der Waals surface area (Å²) in [6, 6.07) is 4.93. The molecular weight excluding hydrogens is 473 g/mol. The second kappa shape index (κ2) is 14.4. The van der Waals surface area contributed by atoms with E-state index in [1.165, 1.54) is 6.07 Å². The summed E-state index contributed by atoms with van der Waals surface area (Å²) in [5.74, 6) is 0.284. The Morgan fingerprint density at radius 1 is 1.26 bits per heavy atom. The van der Waals surface area contributed by atoms with Crippen molar-refractivity contribution in [2.24, 2.45) is 4.99 Å². The van der Waals surface area contributed by atoms with Crippen LogP contribution in [0.2, 0.25) is 0 Å². The molecule has 1 rings (SSSR count). The number of nitrogens with one attached hydrogen (secondary N) is 3. The highest BCUT2D eigenvalue weighted by atomic mass is 127. The lowest BCUT2D eigenvalue weighted by molar-refractivity contribution is -0.120. The largest absolute Gasteiger partial charge is 0.434 e. The number of rotatable bonds is 10. The molecule has 0 spiro atoms. The number of carbonyl (C=O) groups excluding carboxylic acids is 1. The van der Waals surface area contributed by atoms with Crippen LogP contribution in [0, 0.1) is 6.92 Å². The number of benzene rings is 1. The van der Waals surface area contributed by atoms with E-state index in [1.54, 1.807) is 19.2 Å². The summed E-state index contributed by atoms with van der Waals surface area (Å²) in [5, 5.41) is 8.57. The number of hydrogen-bond acceptors (Lipinski definition) is 4. The number of hydrogen-bond donors (Lipinski definition) is 3. The molecule has 1 aromatic carbocycles. The molecule has 0 saturated carbocycles. The monoisotopic (exact) mass is 500 g/mol. The molecule has 0 aromatic heterocycles. The van der Waals surface area contributed by atoms with Crippen molar-refractivity contribution in [3.8, 4) is 5.75 Å². The zero-order chi connectivity index (χ0) is 19.4. The van der Waals surface area contributed by atoms with Gasteiger partial charge in [-0.1, -0.05) is 17.7 Å². The zero-order valence-electron chi connectivity index (χ0n) is 15.7. The van der Waals surface area contributed by atoms with Crippen LogP contribution in [-0.2, 0) is 16.1 Å². The van der Waals surface area contributed by atoms with Gasteiger partial charge in [0.25, 0.3) is 0 Å². The molecular formula is C17H27F2IN4O3. The topological polar surface area (TPSA) is 84.0 Å². The average Bonchev–Trinajstić information content (AvgIpc) is 2.59. The van der Waals surface area contributed by atoms with Gasteiger partial charge in [-0.3, -0.25) is 4.79 Å². The highest BCUT2D eigenvalue weighted by Crippen LogP contribution is 2.22. The molecule has 0 fully saturated rings. The number of aliphatic imine (C=N–C) groups is 1. The molecule has 1 amide bonds. The van der Waals surface area contributed by atoms with E-state index in [0.29, 0.717) is 31.2 Å². The third-order valence-electron chi connectivity index (χ3n) is 3.23. The summed E-state index contributed by atoms with van der Waals surface area (Å²) in [4.78, 5) is 16.0. The van der Waals surface area contributed by atoms with E-state index in [0.717, 1.165) is 5.56 Å². The maximum absolute atomic E-state index is 12.5. The standard InChI is InChI=1S/C17H26F2N4O3.HI/c1-4-20-17(23-11-15(24)21-7-8-25-3)22-10-13-9-12(2)5-6-14(13)26-16(18)19;/h5-6,9,16H,4,7-8,10-11H2,1-3H3,(H,21,24)(H2,20,22,23);1H. The van der Waals surface area contributed by atoms with Crippen LogP contribution in [-0.4, -0.2) is 51.8 Å². The third-order valence-corrected chi connectivity index (χ3v) is 3.23. The molecule has 27 heavy (non-hydrogen) atoms. The van der Waals surface area contributed by atoms with E-state index >= 15 is 0 Å². The minimum Gasteiger partial charge on any atom is -0.434 e. The number of halogens is 3. The van der Waals surface area contributed by atoms with E-state index in [2.05, 4.69) is 25.7 Å². The number of amides is 1. The first-order chi connectivity index (χ1) is 12.5. The summed E-state index contributed by atoms with van der Waals surface area (Å²) in [6.07, 6.45) is 0. The summed E-state index contributed by atoms with van der Waals surface area (Å²) < 4.78 is 34.4. The molecule has 0 aliphatic carbocycles. The summed E-state index contributed by atoms with van der Waals surface area (Å²) in [7, 11) is 1.55. The van der Waals surface area contributed by atoms with Crippen LogP contribution in [0.1, 0.15) is 18.1 Å².